The van der Waals surface area contributed by atoms with E-state index in [-0.39, 0.29) is 17.9 Å². The minimum Gasteiger partial charge on any atom is -0.342 e. The van der Waals surface area contributed by atoms with Crippen molar-refractivity contribution in [2.24, 2.45) is 11.7 Å². The van der Waals surface area contributed by atoms with Crippen LogP contribution < -0.4 is 5.73 Å². The summed E-state index contributed by atoms with van der Waals surface area (Å²) >= 11 is 0. The zero-order valence-electron chi connectivity index (χ0n) is 22.9. The fourth-order valence-electron chi connectivity index (χ4n) is 6.02. The van der Waals surface area contributed by atoms with Gasteiger partial charge in [0.15, 0.2) is 0 Å². The molecule has 1 aliphatic carbocycles. The molecule has 7 nitrogen and oxygen atoms in total. The number of nitrogens with one attached hydrogen (secondary N) is 2. The Balaban J connectivity index is 1.14. The zero-order chi connectivity index (χ0) is 26.9. The normalized spacial score (nSPS) is 18.8. The van der Waals surface area contributed by atoms with Crippen molar-refractivity contribution in [1.29, 1.82) is 0 Å². The molecule has 2 aromatic carbocycles. The van der Waals surface area contributed by atoms with Gasteiger partial charge in [0.25, 0.3) is 0 Å². The summed E-state index contributed by atoms with van der Waals surface area (Å²) in [6.07, 6.45) is 10.8. The molecule has 4 aromatic rings. The Hall–Kier alpha value is -3.71. The van der Waals surface area contributed by atoms with Crippen LogP contribution >= 0.6 is 0 Å². The van der Waals surface area contributed by atoms with E-state index in [0.29, 0.717) is 5.92 Å². The van der Waals surface area contributed by atoms with E-state index in [1.807, 2.05) is 31.1 Å². The van der Waals surface area contributed by atoms with E-state index in [0.717, 1.165) is 59.1 Å². The number of rotatable bonds is 7. The molecule has 3 heterocycles. The Morgan fingerprint density at radius 1 is 0.795 bits per heavy atom. The largest absolute Gasteiger partial charge is 0.342 e. The molecule has 202 valence electrons. The van der Waals surface area contributed by atoms with Gasteiger partial charge in [0.05, 0.1) is 35.9 Å². The summed E-state index contributed by atoms with van der Waals surface area (Å²) in [5.74, 6) is 2.69. The summed E-state index contributed by atoms with van der Waals surface area (Å²) in [6.45, 7) is 4.71. The van der Waals surface area contributed by atoms with Crippen molar-refractivity contribution in [2.75, 3.05) is 6.54 Å². The summed E-state index contributed by atoms with van der Waals surface area (Å²) in [7, 11) is 0. The predicted octanol–water partition coefficient (Wildman–Crippen LogP) is 6.44. The van der Waals surface area contributed by atoms with Gasteiger partial charge in [0.1, 0.15) is 11.6 Å². The van der Waals surface area contributed by atoms with Crippen molar-refractivity contribution in [3.8, 4) is 33.6 Å². The fourth-order valence-corrected chi connectivity index (χ4v) is 6.02. The molecule has 2 fully saturated rings. The number of aromatic amines is 2. The number of nitrogens with zero attached hydrogens (tertiary/aromatic N) is 3. The van der Waals surface area contributed by atoms with Crippen LogP contribution in [0.5, 0.6) is 0 Å². The number of H-pyrrole nitrogens is 2. The second-order valence-electron chi connectivity index (χ2n) is 11.5. The maximum atomic E-state index is 12.9. The lowest BCUT2D eigenvalue weighted by molar-refractivity contribution is -0.134. The third-order valence-electron chi connectivity index (χ3n) is 8.51. The summed E-state index contributed by atoms with van der Waals surface area (Å²) in [6, 6.07) is 16.7. The number of amides is 1. The second kappa shape index (κ2) is 10.8. The van der Waals surface area contributed by atoms with E-state index in [4.69, 9.17) is 5.73 Å². The third kappa shape index (κ3) is 5.15. The van der Waals surface area contributed by atoms with Crippen molar-refractivity contribution in [1.82, 2.24) is 24.8 Å². The number of nitrogens with two attached hydrogens (primary N) is 1. The minimum absolute atomic E-state index is 0.0163. The summed E-state index contributed by atoms with van der Waals surface area (Å²) in [4.78, 5) is 31.2. The molecule has 0 spiro atoms. The maximum absolute atomic E-state index is 12.9. The molecule has 1 saturated heterocycles. The van der Waals surface area contributed by atoms with Crippen molar-refractivity contribution < 1.29 is 4.79 Å². The van der Waals surface area contributed by atoms with E-state index < -0.39 is 6.04 Å². The SMILES string of the molecule is CC(C)[C@@H](N)C(=O)N1CCC[C@H]1c1ncc(-c2ccc(-c3ccc(-c4cnc(C5CCCC5)[nH]4)cc3)cc2)[nH]1. The van der Waals surface area contributed by atoms with Gasteiger partial charge in [-0.3, -0.25) is 4.79 Å². The fraction of sp³-hybridized carbons (Fsp3) is 0.406. The molecule has 1 aliphatic heterocycles. The van der Waals surface area contributed by atoms with Crippen molar-refractivity contribution >= 4 is 5.91 Å². The molecule has 4 N–H and O–H groups in total. The van der Waals surface area contributed by atoms with Crippen LogP contribution in [0.15, 0.2) is 60.9 Å². The first-order valence-corrected chi connectivity index (χ1v) is 14.3. The van der Waals surface area contributed by atoms with Crippen LogP contribution in [0.1, 0.15) is 76.0 Å². The molecule has 0 radical (unpaired) electrons. The molecule has 2 aromatic heterocycles. The van der Waals surface area contributed by atoms with Crippen LogP contribution in [-0.2, 0) is 4.79 Å². The molecule has 2 atom stereocenters. The van der Waals surface area contributed by atoms with Gasteiger partial charge in [-0.1, -0.05) is 75.2 Å². The molecule has 1 amide bonds. The number of hydrogen-bond acceptors (Lipinski definition) is 4. The first-order chi connectivity index (χ1) is 19.0. The Kier molecular flexibility index (Phi) is 7.09. The lowest BCUT2D eigenvalue weighted by atomic mass is 10.0. The smallest absolute Gasteiger partial charge is 0.240 e. The molecule has 0 unspecified atom stereocenters. The van der Waals surface area contributed by atoms with Gasteiger partial charge in [-0.2, -0.15) is 0 Å². The van der Waals surface area contributed by atoms with Crippen LogP contribution in [0, 0.1) is 5.92 Å². The van der Waals surface area contributed by atoms with E-state index >= 15 is 0 Å². The Morgan fingerprint density at radius 3 is 1.87 bits per heavy atom. The Labute approximate surface area is 230 Å². The van der Waals surface area contributed by atoms with Crippen LogP contribution in [-0.4, -0.2) is 43.3 Å². The zero-order valence-corrected chi connectivity index (χ0v) is 22.9. The topological polar surface area (TPSA) is 104 Å². The highest BCUT2D eigenvalue weighted by Gasteiger charge is 2.35. The van der Waals surface area contributed by atoms with Crippen molar-refractivity contribution in [3.05, 3.63) is 72.6 Å². The molecule has 6 rings (SSSR count). The van der Waals surface area contributed by atoms with Crippen LogP contribution in [0.25, 0.3) is 33.6 Å². The van der Waals surface area contributed by atoms with Gasteiger partial charge in [0, 0.05) is 12.5 Å². The average molecular weight is 523 g/mol. The monoisotopic (exact) mass is 522 g/mol. The number of benzene rings is 2. The molecule has 1 saturated carbocycles. The number of hydrogen-bond donors (Lipinski definition) is 3. The van der Waals surface area contributed by atoms with Crippen molar-refractivity contribution in [3.63, 3.8) is 0 Å². The number of carbonyl (C=O) groups excluding carboxylic acids is 1. The maximum Gasteiger partial charge on any atom is 0.240 e. The summed E-state index contributed by atoms with van der Waals surface area (Å²) in [5, 5.41) is 0. The first-order valence-electron chi connectivity index (χ1n) is 14.3. The first kappa shape index (κ1) is 25.6. The van der Waals surface area contributed by atoms with Crippen LogP contribution in [0.2, 0.25) is 0 Å². The molecule has 2 aliphatic rings. The Morgan fingerprint density at radius 2 is 1.31 bits per heavy atom. The Bertz CT molecular complexity index is 1410. The second-order valence-corrected chi connectivity index (χ2v) is 11.5. The highest BCUT2D eigenvalue weighted by Crippen LogP contribution is 2.35. The van der Waals surface area contributed by atoms with Gasteiger partial charge in [-0.15, -0.1) is 0 Å². The van der Waals surface area contributed by atoms with Crippen LogP contribution in [0.3, 0.4) is 0 Å². The number of likely N-dealkylation sites (tertiary alicyclic amines) is 1. The van der Waals surface area contributed by atoms with E-state index in [9.17, 15) is 4.79 Å². The molecular weight excluding hydrogens is 484 g/mol. The van der Waals surface area contributed by atoms with Crippen molar-refractivity contribution in [2.45, 2.75) is 70.4 Å². The quantitative estimate of drug-likeness (QED) is 0.260. The van der Waals surface area contributed by atoms with E-state index in [2.05, 4.69) is 68.5 Å². The lowest BCUT2D eigenvalue weighted by Gasteiger charge is -2.27. The average Bonchev–Trinajstić information content (AvgIpc) is 3.78. The molecule has 7 heteroatoms. The highest BCUT2D eigenvalue weighted by atomic mass is 16.2. The molecular formula is C32H38N6O. The van der Waals surface area contributed by atoms with E-state index in [1.54, 1.807) is 0 Å². The molecule has 39 heavy (non-hydrogen) atoms. The van der Waals surface area contributed by atoms with Gasteiger partial charge < -0.3 is 20.6 Å². The molecule has 0 bridgehead atoms. The lowest BCUT2D eigenvalue weighted by Crippen LogP contribution is -2.46. The third-order valence-corrected chi connectivity index (χ3v) is 8.51. The summed E-state index contributed by atoms with van der Waals surface area (Å²) in [5.41, 5.74) is 12.8. The highest BCUT2D eigenvalue weighted by molar-refractivity contribution is 5.82. The van der Waals surface area contributed by atoms with Gasteiger partial charge >= 0.3 is 0 Å². The van der Waals surface area contributed by atoms with Gasteiger partial charge in [-0.05, 0) is 53.9 Å². The standard InChI is InChI=1S/C32H38N6O/c1-20(2)29(33)32(39)38-17-5-8-28(38)31-35-19-27(37-31)24-15-11-22(12-16-24)21-9-13-23(14-10-21)26-18-34-30(36-26)25-6-3-4-7-25/h9-16,18-20,25,28-29H,3-8,17,33H2,1-2H3,(H,34,36)(H,35,37)/t28-,29+/m0/s1. The van der Waals surface area contributed by atoms with Crippen LogP contribution in [0.4, 0.5) is 0 Å². The minimum atomic E-state index is -0.476. The van der Waals surface area contributed by atoms with Gasteiger partial charge in [0.2, 0.25) is 5.91 Å². The predicted molar refractivity (Wildman–Crippen MR) is 155 cm³/mol. The number of imidazole rings is 2. The summed E-state index contributed by atoms with van der Waals surface area (Å²) < 4.78 is 0. The number of aromatic nitrogens is 4. The number of carbonyl (C=O) groups is 1. The van der Waals surface area contributed by atoms with Gasteiger partial charge in [-0.25, -0.2) is 9.97 Å². The van der Waals surface area contributed by atoms with E-state index in [1.165, 1.54) is 31.2 Å².